The van der Waals surface area contributed by atoms with Gasteiger partial charge in [0, 0.05) is 12.0 Å². The fourth-order valence-corrected chi connectivity index (χ4v) is 2.33. The van der Waals surface area contributed by atoms with E-state index in [0.29, 0.717) is 16.5 Å². The molecule has 3 heteroatoms. The number of benzene rings is 1. The Morgan fingerprint density at radius 1 is 1.31 bits per heavy atom. The van der Waals surface area contributed by atoms with Gasteiger partial charge in [-0.2, -0.15) is 0 Å². The molecule has 0 aromatic heterocycles. The molecule has 0 saturated carbocycles. The number of Topliss-reactive ketones (excluding diaryl/α,β-unsaturated/α-hetero) is 1. The predicted octanol–water partition coefficient (Wildman–Crippen LogP) is 3.43. The normalized spacial score (nSPS) is 14.8. The van der Waals surface area contributed by atoms with Crippen molar-refractivity contribution in [3.63, 3.8) is 0 Å². The van der Waals surface area contributed by atoms with E-state index in [2.05, 4.69) is 0 Å². The second-order valence-electron chi connectivity index (χ2n) is 3.27. The number of rotatable bonds is 0. The minimum atomic E-state index is 0.186. The van der Waals surface area contributed by atoms with Crippen LogP contribution < -0.4 is 0 Å². The van der Waals surface area contributed by atoms with E-state index in [0.717, 1.165) is 23.1 Å². The third-order valence-electron chi connectivity index (χ3n) is 2.39. The highest BCUT2D eigenvalue weighted by molar-refractivity contribution is 6.43. The molecule has 0 fully saturated rings. The molecule has 0 N–H and O–H groups in total. The van der Waals surface area contributed by atoms with Crippen LogP contribution in [0, 0.1) is 6.92 Å². The third kappa shape index (κ3) is 1.27. The van der Waals surface area contributed by atoms with Crippen LogP contribution in [0.15, 0.2) is 6.07 Å². The second kappa shape index (κ2) is 3.00. The van der Waals surface area contributed by atoms with Crippen molar-refractivity contribution in [3.8, 4) is 0 Å². The van der Waals surface area contributed by atoms with E-state index in [1.807, 2.05) is 6.92 Å². The molecule has 13 heavy (non-hydrogen) atoms. The Morgan fingerprint density at radius 2 is 2.00 bits per heavy atom. The SMILES string of the molecule is Cc1cc(Cl)c(Cl)c2c1C(=O)CC2. The summed E-state index contributed by atoms with van der Waals surface area (Å²) >= 11 is 11.9. The summed E-state index contributed by atoms with van der Waals surface area (Å²) in [7, 11) is 0. The van der Waals surface area contributed by atoms with Crippen LogP contribution in [0.2, 0.25) is 10.0 Å². The lowest BCUT2D eigenvalue weighted by Gasteiger charge is -2.06. The summed E-state index contributed by atoms with van der Waals surface area (Å²) in [6.07, 6.45) is 1.30. The van der Waals surface area contributed by atoms with Crippen LogP contribution in [0.1, 0.15) is 27.9 Å². The van der Waals surface area contributed by atoms with Crippen molar-refractivity contribution in [2.24, 2.45) is 0 Å². The minimum absolute atomic E-state index is 0.186. The lowest BCUT2D eigenvalue weighted by Crippen LogP contribution is -1.95. The standard InChI is InChI=1S/C10H8Cl2O/c1-5-4-7(11)10(12)6-2-3-8(13)9(5)6/h4H,2-3H2,1H3. The maximum Gasteiger partial charge on any atom is 0.163 e. The maximum absolute atomic E-state index is 11.4. The molecule has 68 valence electrons. The Kier molecular flexibility index (Phi) is 2.09. The van der Waals surface area contributed by atoms with Gasteiger partial charge in [-0.25, -0.2) is 0 Å². The third-order valence-corrected chi connectivity index (χ3v) is 3.22. The van der Waals surface area contributed by atoms with Crippen LogP contribution in [-0.4, -0.2) is 5.78 Å². The monoisotopic (exact) mass is 214 g/mol. The van der Waals surface area contributed by atoms with Crippen molar-refractivity contribution in [2.45, 2.75) is 19.8 Å². The molecule has 0 saturated heterocycles. The van der Waals surface area contributed by atoms with Gasteiger partial charge in [0.05, 0.1) is 10.0 Å². The van der Waals surface area contributed by atoms with Crippen LogP contribution in [0.5, 0.6) is 0 Å². The van der Waals surface area contributed by atoms with Crippen LogP contribution in [0.25, 0.3) is 0 Å². The highest BCUT2D eigenvalue weighted by atomic mass is 35.5. The number of fused-ring (bicyclic) bond motifs is 1. The van der Waals surface area contributed by atoms with E-state index < -0.39 is 0 Å². The highest BCUT2D eigenvalue weighted by Gasteiger charge is 2.25. The van der Waals surface area contributed by atoms with Crippen molar-refractivity contribution in [1.29, 1.82) is 0 Å². The van der Waals surface area contributed by atoms with E-state index in [-0.39, 0.29) is 5.78 Å². The van der Waals surface area contributed by atoms with Gasteiger partial charge in [0.25, 0.3) is 0 Å². The van der Waals surface area contributed by atoms with Gasteiger partial charge in [0.1, 0.15) is 0 Å². The fourth-order valence-electron chi connectivity index (χ4n) is 1.80. The van der Waals surface area contributed by atoms with E-state index in [9.17, 15) is 4.79 Å². The van der Waals surface area contributed by atoms with Crippen molar-refractivity contribution in [1.82, 2.24) is 0 Å². The summed E-state index contributed by atoms with van der Waals surface area (Å²) in [6.45, 7) is 1.89. The average Bonchev–Trinajstić information content (AvgIpc) is 2.44. The van der Waals surface area contributed by atoms with Gasteiger partial charge >= 0.3 is 0 Å². The zero-order valence-corrected chi connectivity index (χ0v) is 8.67. The Bertz CT molecular complexity index is 396. The molecule has 1 nitrogen and oxygen atoms in total. The molecule has 0 amide bonds. The lowest BCUT2D eigenvalue weighted by molar-refractivity contribution is 0.0994. The second-order valence-corrected chi connectivity index (χ2v) is 4.05. The molecular weight excluding hydrogens is 207 g/mol. The molecule has 0 bridgehead atoms. The van der Waals surface area contributed by atoms with Crippen LogP contribution in [0.3, 0.4) is 0 Å². The number of aryl methyl sites for hydroxylation is 1. The smallest absolute Gasteiger partial charge is 0.163 e. The van der Waals surface area contributed by atoms with Gasteiger partial charge in [-0.05, 0) is 30.5 Å². The van der Waals surface area contributed by atoms with E-state index in [4.69, 9.17) is 23.2 Å². The Labute approximate surface area is 86.7 Å². The van der Waals surface area contributed by atoms with Crippen LogP contribution in [-0.2, 0) is 6.42 Å². The van der Waals surface area contributed by atoms with Gasteiger partial charge < -0.3 is 0 Å². The van der Waals surface area contributed by atoms with Crippen molar-refractivity contribution < 1.29 is 4.79 Å². The first kappa shape index (κ1) is 9.04. The van der Waals surface area contributed by atoms with Gasteiger partial charge in [0.2, 0.25) is 0 Å². The summed E-state index contributed by atoms with van der Waals surface area (Å²) in [4.78, 5) is 11.4. The average molecular weight is 215 g/mol. The molecule has 0 unspecified atom stereocenters. The van der Waals surface area contributed by atoms with Crippen LogP contribution >= 0.6 is 23.2 Å². The number of carbonyl (C=O) groups is 1. The lowest BCUT2D eigenvalue weighted by atomic mass is 10.0. The number of ketones is 1. The zero-order valence-electron chi connectivity index (χ0n) is 7.16. The highest BCUT2D eigenvalue weighted by Crippen LogP contribution is 2.36. The molecule has 1 aliphatic rings. The minimum Gasteiger partial charge on any atom is -0.294 e. The summed E-state index contributed by atoms with van der Waals surface area (Å²) < 4.78 is 0. The Balaban J connectivity index is 2.76. The Hall–Kier alpha value is -0.530. The van der Waals surface area contributed by atoms with Gasteiger partial charge in [0.15, 0.2) is 5.78 Å². The molecule has 2 rings (SSSR count). The van der Waals surface area contributed by atoms with Crippen molar-refractivity contribution >= 4 is 29.0 Å². The van der Waals surface area contributed by atoms with E-state index >= 15 is 0 Å². The molecular formula is C10H8Cl2O. The number of hydrogen-bond donors (Lipinski definition) is 0. The van der Waals surface area contributed by atoms with Gasteiger partial charge in [-0.3, -0.25) is 4.79 Å². The predicted molar refractivity (Wildman–Crippen MR) is 53.9 cm³/mol. The summed E-state index contributed by atoms with van der Waals surface area (Å²) in [5.41, 5.74) is 2.65. The molecule has 1 aromatic rings. The summed E-state index contributed by atoms with van der Waals surface area (Å²) in [6, 6.07) is 1.76. The van der Waals surface area contributed by atoms with Crippen molar-refractivity contribution in [3.05, 3.63) is 32.8 Å². The summed E-state index contributed by atoms with van der Waals surface area (Å²) in [5.74, 6) is 0.186. The maximum atomic E-state index is 11.4. The molecule has 0 aliphatic heterocycles. The molecule has 0 heterocycles. The molecule has 0 spiro atoms. The number of halogens is 2. The van der Waals surface area contributed by atoms with Gasteiger partial charge in [-0.15, -0.1) is 0 Å². The quantitative estimate of drug-likeness (QED) is 0.647. The first-order valence-electron chi connectivity index (χ1n) is 4.12. The molecule has 0 radical (unpaired) electrons. The Morgan fingerprint density at radius 3 is 2.69 bits per heavy atom. The number of hydrogen-bond acceptors (Lipinski definition) is 1. The van der Waals surface area contributed by atoms with E-state index in [1.54, 1.807) is 6.07 Å². The molecule has 0 atom stereocenters. The van der Waals surface area contributed by atoms with Gasteiger partial charge in [-0.1, -0.05) is 23.2 Å². The first-order chi connectivity index (χ1) is 6.11. The molecule has 1 aromatic carbocycles. The fraction of sp³-hybridized carbons (Fsp3) is 0.300. The van der Waals surface area contributed by atoms with E-state index in [1.165, 1.54) is 0 Å². The van der Waals surface area contributed by atoms with Crippen molar-refractivity contribution in [2.75, 3.05) is 0 Å². The largest absolute Gasteiger partial charge is 0.294 e. The topological polar surface area (TPSA) is 17.1 Å². The van der Waals surface area contributed by atoms with Crippen LogP contribution in [0.4, 0.5) is 0 Å². The number of carbonyl (C=O) groups excluding carboxylic acids is 1. The zero-order chi connectivity index (χ0) is 9.59. The molecule has 1 aliphatic carbocycles. The first-order valence-corrected chi connectivity index (χ1v) is 4.87. The summed E-state index contributed by atoms with van der Waals surface area (Å²) in [5, 5.41) is 1.10.